The van der Waals surface area contributed by atoms with Gasteiger partial charge in [0.25, 0.3) is 0 Å². The van der Waals surface area contributed by atoms with E-state index in [2.05, 4.69) is 4.98 Å². The number of rotatable bonds is 3. The third-order valence-corrected chi connectivity index (χ3v) is 3.42. The zero-order chi connectivity index (χ0) is 14.0. The maximum Gasteiger partial charge on any atom is 0.336 e. The quantitative estimate of drug-likeness (QED) is 0.842. The Hall–Kier alpha value is -1.50. The van der Waals surface area contributed by atoms with Gasteiger partial charge in [0.2, 0.25) is 0 Å². The molecule has 0 saturated carbocycles. The van der Waals surface area contributed by atoms with Gasteiger partial charge in [-0.3, -0.25) is 4.98 Å². The van der Waals surface area contributed by atoms with Gasteiger partial charge in [-0.25, -0.2) is 9.18 Å². The van der Waals surface area contributed by atoms with Crippen LogP contribution < -0.4 is 0 Å². The van der Waals surface area contributed by atoms with Crippen LogP contribution in [0.25, 0.3) is 0 Å². The summed E-state index contributed by atoms with van der Waals surface area (Å²) in [6.45, 7) is 1.72. The van der Waals surface area contributed by atoms with E-state index in [-0.39, 0.29) is 17.8 Å². The van der Waals surface area contributed by atoms with Crippen LogP contribution in [0.4, 0.5) is 4.39 Å². The number of carboxylic acids is 1. The van der Waals surface area contributed by atoms with Crippen molar-refractivity contribution in [2.24, 2.45) is 0 Å². The monoisotopic (exact) mass is 371 g/mol. The fourth-order valence-electron chi connectivity index (χ4n) is 1.80. The minimum atomic E-state index is -1.02. The molecule has 1 aromatic carbocycles. The van der Waals surface area contributed by atoms with Gasteiger partial charge in [0.1, 0.15) is 5.82 Å². The number of carboxylic acid groups (broad SMARTS) is 1. The lowest BCUT2D eigenvalue weighted by atomic mass is 10.0. The van der Waals surface area contributed by atoms with Crippen molar-refractivity contribution in [1.82, 2.24) is 4.98 Å². The Balaban J connectivity index is 2.40. The molecule has 2 aromatic rings. The summed E-state index contributed by atoms with van der Waals surface area (Å²) in [6.07, 6.45) is 1.72. The molecule has 0 amide bonds. The second-order valence-corrected chi connectivity index (χ2v) is 5.45. The molecule has 0 fully saturated rings. The smallest absolute Gasteiger partial charge is 0.336 e. The number of benzene rings is 1. The summed E-state index contributed by atoms with van der Waals surface area (Å²) in [4.78, 5) is 15.3. The topological polar surface area (TPSA) is 50.2 Å². The van der Waals surface area contributed by atoms with Gasteiger partial charge >= 0.3 is 5.97 Å². The molecular weight excluding hydrogens is 360 g/mol. The van der Waals surface area contributed by atoms with E-state index in [9.17, 15) is 9.18 Å². The van der Waals surface area contributed by atoms with E-state index in [4.69, 9.17) is 5.11 Å². The van der Waals surface area contributed by atoms with Gasteiger partial charge in [-0.1, -0.05) is 6.07 Å². The Labute approximate surface area is 123 Å². The van der Waals surface area contributed by atoms with Crippen LogP contribution in [0.3, 0.4) is 0 Å². The van der Waals surface area contributed by atoms with Crippen LogP contribution in [0.1, 0.15) is 27.2 Å². The minimum Gasteiger partial charge on any atom is -0.478 e. The van der Waals surface area contributed by atoms with Crippen molar-refractivity contribution in [2.75, 3.05) is 0 Å². The first-order chi connectivity index (χ1) is 8.97. The summed E-state index contributed by atoms with van der Waals surface area (Å²) < 4.78 is 14.6. The van der Waals surface area contributed by atoms with Crippen molar-refractivity contribution >= 4 is 28.6 Å². The molecule has 0 radical (unpaired) electrons. The van der Waals surface area contributed by atoms with Gasteiger partial charge in [0.05, 0.1) is 5.56 Å². The third kappa shape index (κ3) is 3.28. The maximum atomic E-state index is 13.8. The first kappa shape index (κ1) is 13.9. The Morgan fingerprint density at radius 3 is 2.74 bits per heavy atom. The van der Waals surface area contributed by atoms with Crippen LogP contribution in [-0.2, 0) is 6.42 Å². The normalized spacial score (nSPS) is 10.5. The number of halogens is 2. The molecule has 19 heavy (non-hydrogen) atoms. The summed E-state index contributed by atoms with van der Waals surface area (Å²) in [5.41, 5.74) is 1.78. The molecule has 5 heteroatoms. The fraction of sp³-hybridized carbons (Fsp3) is 0.143. The fourth-order valence-corrected chi connectivity index (χ4v) is 2.25. The first-order valence-corrected chi connectivity index (χ1v) is 6.68. The van der Waals surface area contributed by atoms with Crippen LogP contribution in [0.2, 0.25) is 0 Å². The molecule has 2 rings (SSSR count). The number of aromatic carboxylic acids is 1. The molecule has 3 nitrogen and oxygen atoms in total. The molecular formula is C14H11FINO2. The van der Waals surface area contributed by atoms with Crippen LogP contribution in [0.5, 0.6) is 0 Å². The maximum absolute atomic E-state index is 13.8. The second-order valence-electron chi connectivity index (χ2n) is 4.20. The molecule has 0 atom stereocenters. The van der Waals surface area contributed by atoms with Crippen LogP contribution in [0, 0.1) is 16.3 Å². The first-order valence-electron chi connectivity index (χ1n) is 5.60. The molecule has 0 aliphatic carbocycles. The molecule has 1 N–H and O–H groups in total. The van der Waals surface area contributed by atoms with E-state index in [0.717, 1.165) is 3.57 Å². The standard InChI is InChI=1S/C14H11FINO2/c1-8-4-12(14(18)19)10(7-17-8)5-9-2-3-11(16)6-13(9)15/h2-4,6-7H,5H2,1H3,(H,18,19). The highest BCUT2D eigenvalue weighted by Crippen LogP contribution is 2.19. The Kier molecular flexibility index (Phi) is 4.14. The van der Waals surface area contributed by atoms with Crippen molar-refractivity contribution < 1.29 is 14.3 Å². The average Bonchev–Trinajstić information content (AvgIpc) is 2.34. The summed E-state index contributed by atoms with van der Waals surface area (Å²) in [5, 5.41) is 9.16. The van der Waals surface area contributed by atoms with Gasteiger partial charge in [-0.05, 0) is 58.8 Å². The SMILES string of the molecule is Cc1cc(C(=O)O)c(Cc2ccc(I)cc2F)cn1. The summed E-state index contributed by atoms with van der Waals surface area (Å²) in [7, 11) is 0. The number of carbonyl (C=O) groups is 1. The lowest BCUT2D eigenvalue weighted by Gasteiger charge is -2.08. The zero-order valence-electron chi connectivity index (χ0n) is 10.2. The summed E-state index contributed by atoms with van der Waals surface area (Å²) >= 11 is 2.03. The van der Waals surface area contributed by atoms with E-state index >= 15 is 0 Å². The van der Waals surface area contributed by atoms with Gasteiger partial charge < -0.3 is 5.11 Å². The molecule has 0 aliphatic heterocycles. The number of aromatic nitrogens is 1. The lowest BCUT2D eigenvalue weighted by molar-refractivity contribution is 0.0695. The van der Waals surface area contributed by atoms with Crippen LogP contribution in [0.15, 0.2) is 30.5 Å². The van der Waals surface area contributed by atoms with E-state index < -0.39 is 5.97 Å². The zero-order valence-corrected chi connectivity index (χ0v) is 12.3. The predicted molar refractivity (Wildman–Crippen MR) is 77.9 cm³/mol. The summed E-state index contributed by atoms with van der Waals surface area (Å²) in [6, 6.07) is 6.39. The van der Waals surface area contributed by atoms with Crippen LogP contribution >= 0.6 is 22.6 Å². The van der Waals surface area contributed by atoms with Gasteiger partial charge in [-0.2, -0.15) is 0 Å². The number of aryl methyl sites for hydroxylation is 1. The van der Waals surface area contributed by atoms with E-state index in [1.54, 1.807) is 19.1 Å². The molecule has 0 unspecified atom stereocenters. The molecule has 0 aliphatic rings. The number of hydrogen-bond donors (Lipinski definition) is 1. The molecule has 1 aromatic heterocycles. The van der Waals surface area contributed by atoms with E-state index in [0.29, 0.717) is 16.8 Å². The second kappa shape index (κ2) is 5.64. The highest BCUT2D eigenvalue weighted by Gasteiger charge is 2.13. The van der Waals surface area contributed by atoms with Gasteiger partial charge in [-0.15, -0.1) is 0 Å². The Morgan fingerprint density at radius 2 is 2.11 bits per heavy atom. The lowest BCUT2D eigenvalue weighted by Crippen LogP contribution is -2.06. The number of nitrogens with zero attached hydrogens (tertiary/aromatic N) is 1. The largest absolute Gasteiger partial charge is 0.478 e. The highest BCUT2D eigenvalue weighted by molar-refractivity contribution is 14.1. The third-order valence-electron chi connectivity index (χ3n) is 2.75. The molecule has 0 bridgehead atoms. The van der Waals surface area contributed by atoms with Crippen LogP contribution in [-0.4, -0.2) is 16.1 Å². The van der Waals surface area contributed by atoms with Crippen molar-refractivity contribution in [3.8, 4) is 0 Å². The van der Waals surface area contributed by atoms with Gasteiger partial charge in [0, 0.05) is 21.9 Å². The summed E-state index contributed by atoms with van der Waals surface area (Å²) in [5.74, 6) is -1.35. The van der Waals surface area contributed by atoms with E-state index in [1.807, 2.05) is 22.6 Å². The van der Waals surface area contributed by atoms with Gasteiger partial charge in [0.15, 0.2) is 0 Å². The number of hydrogen-bond acceptors (Lipinski definition) is 2. The predicted octanol–water partition coefficient (Wildman–Crippen LogP) is 3.42. The molecule has 0 spiro atoms. The molecule has 1 heterocycles. The average molecular weight is 371 g/mol. The van der Waals surface area contributed by atoms with E-state index in [1.165, 1.54) is 18.3 Å². The number of pyridine rings is 1. The Bertz CT molecular complexity index is 643. The minimum absolute atomic E-state index is 0.172. The van der Waals surface area contributed by atoms with Crippen molar-refractivity contribution in [3.63, 3.8) is 0 Å². The van der Waals surface area contributed by atoms with Crippen molar-refractivity contribution in [2.45, 2.75) is 13.3 Å². The highest BCUT2D eigenvalue weighted by atomic mass is 127. The van der Waals surface area contributed by atoms with Crippen molar-refractivity contribution in [3.05, 3.63) is 62.2 Å². The Morgan fingerprint density at radius 1 is 1.37 bits per heavy atom. The van der Waals surface area contributed by atoms with Crippen molar-refractivity contribution in [1.29, 1.82) is 0 Å². The molecule has 0 saturated heterocycles. The molecule has 98 valence electrons.